The highest BCUT2D eigenvalue weighted by atomic mass is 16.3. The van der Waals surface area contributed by atoms with E-state index in [4.69, 9.17) is 5.73 Å². The number of nitrogens with one attached hydrogen (secondary N) is 1. The van der Waals surface area contributed by atoms with E-state index >= 15 is 0 Å². The normalized spacial score (nSPS) is 12.3. The second-order valence-corrected chi connectivity index (χ2v) is 3.60. The fraction of sp³-hybridized carbons (Fsp3) is 0.364. The summed E-state index contributed by atoms with van der Waals surface area (Å²) in [7, 11) is 0. The summed E-state index contributed by atoms with van der Waals surface area (Å²) >= 11 is 0. The Kier molecular flexibility index (Phi) is 4.13. The highest BCUT2D eigenvalue weighted by molar-refractivity contribution is 5.73. The van der Waals surface area contributed by atoms with E-state index in [1.807, 2.05) is 0 Å². The number of amides is 1. The zero-order chi connectivity index (χ0) is 12.1. The molecule has 0 heterocycles. The van der Waals surface area contributed by atoms with Crippen molar-refractivity contribution in [3.63, 3.8) is 0 Å². The zero-order valence-corrected chi connectivity index (χ0v) is 9.10. The van der Waals surface area contributed by atoms with Crippen molar-refractivity contribution in [3.8, 4) is 11.5 Å². The lowest BCUT2D eigenvalue weighted by molar-refractivity contribution is -0.117. The number of rotatable bonds is 5. The molecule has 0 aromatic heterocycles. The molecule has 1 amide bonds. The van der Waals surface area contributed by atoms with Gasteiger partial charge in [0, 0.05) is 19.0 Å². The second kappa shape index (κ2) is 5.37. The van der Waals surface area contributed by atoms with Gasteiger partial charge in [0.25, 0.3) is 0 Å². The molecule has 0 spiro atoms. The van der Waals surface area contributed by atoms with Gasteiger partial charge in [0.2, 0.25) is 5.91 Å². The Morgan fingerprint density at radius 2 is 2.00 bits per heavy atom. The smallest absolute Gasteiger partial charge is 0.218 e. The molecule has 0 aliphatic rings. The average Bonchev–Trinajstić information content (AvgIpc) is 2.16. The number of hydrogen-bond donors (Lipinski definition) is 4. The molecule has 16 heavy (non-hydrogen) atoms. The molecule has 0 fully saturated rings. The first kappa shape index (κ1) is 12.3. The van der Waals surface area contributed by atoms with Crippen molar-refractivity contribution >= 4 is 5.91 Å². The Labute approximate surface area is 93.9 Å². The zero-order valence-electron chi connectivity index (χ0n) is 9.10. The first-order chi connectivity index (χ1) is 7.52. The number of phenolic OH excluding ortho intramolecular Hbond substituents is 2. The minimum atomic E-state index is -0.388. The molecule has 1 atom stereocenters. The van der Waals surface area contributed by atoms with Gasteiger partial charge >= 0.3 is 0 Å². The fourth-order valence-corrected chi connectivity index (χ4v) is 1.50. The van der Waals surface area contributed by atoms with Gasteiger partial charge in [-0.2, -0.15) is 0 Å². The first-order valence-corrected chi connectivity index (χ1v) is 5.05. The average molecular weight is 224 g/mol. The van der Waals surface area contributed by atoms with E-state index in [9.17, 15) is 15.0 Å². The van der Waals surface area contributed by atoms with E-state index in [2.05, 4.69) is 5.32 Å². The van der Waals surface area contributed by atoms with Crippen molar-refractivity contribution in [2.24, 2.45) is 5.73 Å². The van der Waals surface area contributed by atoms with Crippen LogP contribution in [0.4, 0.5) is 0 Å². The number of carbonyl (C=O) groups is 1. The van der Waals surface area contributed by atoms with Gasteiger partial charge in [-0.1, -0.05) is 6.07 Å². The second-order valence-electron chi connectivity index (χ2n) is 3.60. The Morgan fingerprint density at radius 3 is 2.50 bits per heavy atom. The predicted molar refractivity (Wildman–Crippen MR) is 60.0 cm³/mol. The number of phenols is 2. The van der Waals surface area contributed by atoms with Crippen LogP contribution in [0.1, 0.15) is 24.9 Å². The topological polar surface area (TPSA) is 95.6 Å². The van der Waals surface area contributed by atoms with Crippen molar-refractivity contribution in [1.82, 2.24) is 5.32 Å². The largest absolute Gasteiger partial charge is 0.507 e. The number of benzene rings is 1. The van der Waals surface area contributed by atoms with E-state index in [0.717, 1.165) is 0 Å². The van der Waals surface area contributed by atoms with Crippen LogP contribution in [0.2, 0.25) is 0 Å². The molecule has 5 heteroatoms. The van der Waals surface area contributed by atoms with Crippen LogP contribution in [-0.2, 0) is 4.79 Å². The lowest BCUT2D eigenvalue weighted by atomic mass is 10.1. The van der Waals surface area contributed by atoms with Gasteiger partial charge in [0.15, 0.2) is 0 Å². The van der Waals surface area contributed by atoms with Crippen molar-refractivity contribution in [3.05, 3.63) is 23.8 Å². The van der Waals surface area contributed by atoms with Crippen molar-refractivity contribution in [2.75, 3.05) is 6.54 Å². The van der Waals surface area contributed by atoms with Crippen LogP contribution in [0.5, 0.6) is 11.5 Å². The molecule has 0 saturated carbocycles. The standard InChI is InChI=1S/C11H16N2O3/c1-7(13-6-5-10(12)16)11-8(14)3-2-4-9(11)15/h2-4,7,13-15H,5-6H2,1H3,(H2,12,16). The van der Waals surface area contributed by atoms with E-state index in [1.54, 1.807) is 13.0 Å². The summed E-state index contributed by atoms with van der Waals surface area (Å²) in [4.78, 5) is 10.5. The third-order valence-corrected chi connectivity index (χ3v) is 2.32. The summed E-state index contributed by atoms with van der Waals surface area (Å²) < 4.78 is 0. The number of primary amides is 1. The fourth-order valence-electron chi connectivity index (χ4n) is 1.50. The maximum atomic E-state index is 10.5. The van der Waals surface area contributed by atoms with Gasteiger partial charge in [0.05, 0.1) is 5.56 Å². The maximum Gasteiger partial charge on any atom is 0.218 e. The third-order valence-electron chi connectivity index (χ3n) is 2.32. The third kappa shape index (κ3) is 3.13. The van der Waals surface area contributed by atoms with Crippen LogP contribution in [-0.4, -0.2) is 22.7 Å². The predicted octanol–water partition coefficient (Wildman–Crippen LogP) is 0.624. The molecule has 0 aliphatic heterocycles. The lowest BCUT2D eigenvalue weighted by Gasteiger charge is -2.16. The van der Waals surface area contributed by atoms with Gasteiger partial charge in [-0.3, -0.25) is 4.79 Å². The highest BCUT2D eigenvalue weighted by Crippen LogP contribution is 2.31. The molecule has 0 saturated heterocycles. The Hall–Kier alpha value is -1.75. The summed E-state index contributed by atoms with van der Waals surface area (Å²) in [5, 5.41) is 22.1. The van der Waals surface area contributed by atoms with Crippen LogP contribution < -0.4 is 11.1 Å². The molecule has 5 nitrogen and oxygen atoms in total. The summed E-state index contributed by atoms with van der Waals surface area (Å²) in [5.41, 5.74) is 5.42. The van der Waals surface area contributed by atoms with Crippen LogP contribution in [0.15, 0.2) is 18.2 Å². The van der Waals surface area contributed by atoms with E-state index in [0.29, 0.717) is 12.1 Å². The molecule has 1 aromatic carbocycles. The number of hydrogen-bond acceptors (Lipinski definition) is 4. The molecule has 1 unspecified atom stereocenters. The SMILES string of the molecule is CC(NCCC(N)=O)c1c(O)cccc1O. The van der Waals surface area contributed by atoms with Crippen molar-refractivity contribution in [2.45, 2.75) is 19.4 Å². The minimum absolute atomic E-state index is 0.0269. The van der Waals surface area contributed by atoms with Gasteiger partial charge in [0.1, 0.15) is 11.5 Å². The summed E-state index contributed by atoms with van der Waals surface area (Å²) in [6.45, 7) is 2.19. The summed E-state index contributed by atoms with van der Waals surface area (Å²) in [5.74, 6) is -0.334. The van der Waals surface area contributed by atoms with Gasteiger partial charge in [-0.15, -0.1) is 0 Å². The number of nitrogens with two attached hydrogens (primary N) is 1. The minimum Gasteiger partial charge on any atom is -0.507 e. The summed E-state index contributed by atoms with van der Waals surface area (Å²) in [6, 6.07) is 4.31. The summed E-state index contributed by atoms with van der Waals surface area (Å²) in [6.07, 6.45) is 0.221. The van der Waals surface area contributed by atoms with E-state index in [-0.39, 0.29) is 29.9 Å². The lowest BCUT2D eigenvalue weighted by Crippen LogP contribution is -2.24. The van der Waals surface area contributed by atoms with Crippen LogP contribution in [0.3, 0.4) is 0 Å². The molecule has 0 bridgehead atoms. The van der Waals surface area contributed by atoms with E-state index in [1.165, 1.54) is 12.1 Å². The van der Waals surface area contributed by atoms with Gasteiger partial charge in [-0.25, -0.2) is 0 Å². The monoisotopic (exact) mass is 224 g/mol. The number of carbonyl (C=O) groups excluding carboxylic acids is 1. The molecule has 0 radical (unpaired) electrons. The molecule has 1 aromatic rings. The van der Waals surface area contributed by atoms with Gasteiger partial charge in [-0.05, 0) is 19.1 Å². The Balaban J connectivity index is 2.65. The number of aromatic hydroxyl groups is 2. The molecular weight excluding hydrogens is 208 g/mol. The Morgan fingerprint density at radius 1 is 1.44 bits per heavy atom. The molecule has 5 N–H and O–H groups in total. The van der Waals surface area contributed by atoms with Crippen LogP contribution >= 0.6 is 0 Å². The van der Waals surface area contributed by atoms with Crippen LogP contribution in [0.25, 0.3) is 0 Å². The van der Waals surface area contributed by atoms with Gasteiger partial charge < -0.3 is 21.3 Å². The molecule has 0 aliphatic carbocycles. The maximum absolute atomic E-state index is 10.5. The first-order valence-electron chi connectivity index (χ1n) is 5.05. The van der Waals surface area contributed by atoms with Crippen LogP contribution in [0, 0.1) is 0 Å². The van der Waals surface area contributed by atoms with E-state index < -0.39 is 0 Å². The quantitative estimate of drug-likeness (QED) is 0.589. The Bertz CT molecular complexity index is 359. The molecule has 88 valence electrons. The van der Waals surface area contributed by atoms with Crippen molar-refractivity contribution in [1.29, 1.82) is 0 Å². The van der Waals surface area contributed by atoms with Crippen molar-refractivity contribution < 1.29 is 15.0 Å². The highest BCUT2D eigenvalue weighted by Gasteiger charge is 2.14. The molecule has 1 rings (SSSR count). The molecular formula is C11H16N2O3.